The van der Waals surface area contributed by atoms with Gasteiger partial charge in [0.25, 0.3) is 0 Å². The molecule has 0 saturated heterocycles. The average molecular weight is 479 g/mol. The average Bonchev–Trinajstić information content (AvgIpc) is 2.76. The summed E-state index contributed by atoms with van der Waals surface area (Å²) >= 11 is 1.81. The van der Waals surface area contributed by atoms with Gasteiger partial charge in [0.2, 0.25) is 0 Å². The van der Waals surface area contributed by atoms with Gasteiger partial charge in [-0.3, -0.25) is 0 Å². The molecule has 3 aromatic carbocycles. The zero-order chi connectivity index (χ0) is 25.9. The van der Waals surface area contributed by atoms with Crippen LogP contribution in [-0.4, -0.2) is 5.11 Å². The topological polar surface area (TPSA) is 20.2 Å². The third-order valence-corrected chi connectivity index (χ3v) is 6.49. The van der Waals surface area contributed by atoms with Crippen molar-refractivity contribution >= 4 is 11.8 Å². The lowest BCUT2D eigenvalue weighted by atomic mass is 9.78. The van der Waals surface area contributed by atoms with Gasteiger partial charge in [0.1, 0.15) is 5.75 Å². The van der Waals surface area contributed by atoms with Gasteiger partial charge in [-0.25, -0.2) is 0 Å². The Balaban J connectivity index is 0.000000308. The zero-order valence-corrected chi connectivity index (χ0v) is 23.9. The van der Waals surface area contributed by atoms with Crippen molar-refractivity contribution in [2.45, 2.75) is 103 Å². The van der Waals surface area contributed by atoms with Crippen LogP contribution in [0.1, 0.15) is 91.0 Å². The van der Waals surface area contributed by atoms with E-state index >= 15 is 0 Å². The first-order chi connectivity index (χ1) is 15.8. The molecule has 3 rings (SSSR count). The number of phenols is 1. The molecule has 2 heteroatoms. The molecule has 0 aliphatic rings. The van der Waals surface area contributed by atoms with Gasteiger partial charge >= 0.3 is 0 Å². The van der Waals surface area contributed by atoms with E-state index < -0.39 is 0 Å². The minimum atomic E-state index is -0.0186. The predicted molar refractivity (Wildman–Crippen MR) is 153 cm³/mol. The van der Waals surface area contributed by atoms with Crippen LogP contribution in [-0.2, 0) is 17.3 Å². The lowest BCUT2D eigenvalue weighted by Crippen LogP contribution is -2.17. The van der Waals surface area contributed by atoms with Crippen molar-refractivity contribution in [1.29, 1.82) is 0 Å². The molecule has 0 atom stereocenters. The van der Waals surface area contributed by atoms with Crippen LogP contribution in [0.4, 0.5) is 0 Å². The van der Waals surface area contributed by atoms with Gasteiger partial charge in [-0.2, -0.15) is 0 Å². The Morgan fingerprint density at radius 1 is 0.735 bits per heavy atom. The molecule has 1 N–H and O–H groups in total. The fraction of sp³-hybridized carbons (Fsp3) is 0.438. The fourth-order valence-electron chi connectivity index (χ4n) is 3.26. The number of hydrogen-bond acceptors (Lipinski definition) is 2. The second kappa shape index (κ2) is 13.6. The molecular formula is C32H46OS. The molecule has 0 amide bonds. The van der Waals surface area contributed by atoms with E-state index in [0.717, 1.165) is 17.5 Å². The Morgan fingerprint density at radius 3 is 1.74 bits per heavy atom. The Labute approximate surface area is 214 Å². The molecule has 0 radical (unpaired) electrons. The SMILES string of the molecule is CCC.CCc1cc(C(C)(C)C)cc(C(C)(C)C)c1O.Cc1ccccc1Sc1ccccc1. The maximum atomic E-state index is 10.3. The summed E-state index contributed by atoms with van der Waals surface area (Å²) in [7, 11) is 0. The van der Waals surface area contributed by atoms with Gasteiger partial charge < -0.3 is 5.11 Å². The van der Waals surface area contributed by atoms with Crippen molar-refractivity contribution < 1.29 is 5.11 Å². The molecule has 34 heavy (non-hydrogen) atoms. The molecule has 0 spiro atoms. The van der Waals surface area contributed by atoms with E-state index in [1.54, 1.807) is 0 Å². The van der Waals surface area contributed by atoms with E-state index in [4.69, 9.17) is 0 Å². The highest BCUT2D eigenvalue weighted by molar-refractivity contribution is 7.99. The molecule has 0 aliphatic carbocycles. The van der Waals surface area contributed by atoms with Crippen LogP contribution in [0, 0.1) is 6.92 Å². The maximum absolute atomic E-state index is 10.3. The number of rotatable bonds is 3. The number of aryl methyl sites for hydroxylation is 2. The first-order valence-corrected chi connectivity index (χ1v) is 13.3. The Kier molecular flexibility index (Phi) is 12.0. The van der Waals surface area contributed by atoms with Crippen LogP contribution in [0.2, 0.25) is 0 Å². The molecule has 0 aliphatic heterocycles. The molecule has 0 aromatic heterocycles. The standard InChI is InChI=1S/C16H26O.C13H12S.C3H8/c1-8-11-9-12(15(2,3)4)10-13(14(11)17)16(5,6)7;1-11-7-5-6-10-13(11)14-12-8-3-2-4-9-12;1-3-2/h9-10,17H,8H2,1-7H3;2-10H,1H3;3H2,1-2H3. The van der Waals surface area contributed by atoms with Crippen LogP contribution in [0.15, 0.2) is 76.5 Å². The van der Waals surface area contributed by atoms with Gasteiger partial charge in [-0.15, -0.1) is 0 Å². The second-order valence-corrected chi connectivity index (χ2v) is 11.9. The van der Waals surface area contributed by atoms with Gasteiger partial charge in [-0.1, -0.05) is 129 Å². The normalized spacial score (nSPS) is 11.1. The summed E-state index contributed by atoms with van der Waals surface area (Å²) in [5.74, 6) is 0.480. The second-order valence-electron chi connectivity index (χ2n) is 10.8. The molecule has 0 bridgehead atoms. The molecule has 0 unspecified atom stereocenters. The smallest absolute Gasteiger partial charge is 0.122 e. The summed E-state index contributed by atoms with van der Waals surface area (Å²) in [5.41, 5.74) is 4.86. The third-order valence-electron chi connectivity index (χ3n) is 5.31. The van der Waals surface area contributed by atoms with E-state index in [1.807, 2.05) is 17.8 Å². The van der Waals surface area contributed by atoms with Crippen molar-refractivity contribution in [3.8, 4) is 5.75 Å². The van der Waals surface area contributed by atoms with Crippen molar-refractivity contribution in [2.24, 2.45) is 0 Å². The molecule has 3 aromatic rings. The maximum Gasteiger partial charge on any atom is 0.122 e. The lowest BCUT2D eigenvalue weighted by Gasteiger charge is -2.27. The van der Waals surface area contributed by atoms with Gasteiger partial charge in [0.15, 0.2) is 0 Å². The van der Waals surface area contributed by atoms with Crippen molar-refractivity contribution in [3.05, 3.63) is 89.0 Å². The minimum Gasteiger partial charge on any atom is -0.507 e. The summed E-state index contributed by atoms with van der Waals surface area (Å²) in [6.07, 6.45) is 2.12. The first-order valence-electron chi connectivity index (χ1n) is 12.5. The first kappa shape index (κ1) is 29.8. The quantitative estimate of drug-likeness (QED) is 0.404. The van der Waals surface area contributed by atoms with Crippen LogP contribution in [0.3, 0.4) is 0 Å². The molecule has 1 nitrogen and oxygen atoms in total. The summed E-state index contributed by atoms with van der Waals surface area (Å²) in [6.45, 7) is 21.6. The summed E-state index contributed by atoms with van der Waals surface area (Å²) in [6, 6.07) is 23.2. The minimum absolute atomic E-state index is 0.0186. The van der Waals surface area contributed by atoms with Crippen LogP contribution >= 0.6 is 11.8 Å². The number of benzene rings is 3. The third kappa shape index (κ3) is 9.58. The van der Waals surface area contributed by atoms with E-state index in [1.165, 1.54) is 27.3 Å². The number of hydrogen-bond donors (Lipinski definition) is 1. The van der Waals surface area contributed by atoms with Gasteiger partial charge in [0, 0.05) is 9.79 Å². The van der Waals surface area contributed by atoms with Crippen LogP contribution in [0.5, 0.6) is 5.75 Å². The van der Waals surface area contributed by atoms with Crippen molar-refractivity contribution in [1.82, 2.24) is 0 Å². The van der Waals surface area contributed by atoms with E-state index in [9.17, 15) is 5.11 Å². The van der Waals surface area contributed by atoms with Gasteiger partial charge in [0.05, 0.1) is 0 Å². The number of phenolic OH excluding ortho intramolecular Hbond substituents is 1. The van der Waals surface area contributed by atoms with E-state index in [-0.39, 0.29) is 10.8 Å². The van der Waals surface area contributed by atoms with Crippen LogP contribution < -0.4 is 0 Å². The highest BCUT2D eigenvalue weighted by Crippen LogP contribution is 2.37. The molecule has 0 heterocycles. The van der Waals surface area contributed by atoms with E-state index in [2.05, 4.69) is 130 Å². The summed E-state index contributed by atoms with van der Waals surface area (Å²) < 4.78 is 0. The Bertz CT molecular complexity index is 992. The zero-order valence-electron chi connectivity index (χ0n) is 23.1. The van der Waals surface area contributed by atoms with Crippen molar-refractivity contribution in [3.63, 3.8) is 0 Å². The van der Waals surface area contributed by atoms with Gasteiger partial charge in [-0.05, 0) is 64.6 Å². The molecule has 186 valence electrons. The monoisotopic (exact) mass is 478 g/mol. The Morgan fingerprint density at radius 2 is 1.26 bits per heavy atom. The summed E-state index contributed by atoms with van der Waals surface area (Å²) in [5, 5.41) is 10.3. The number of aromatic hydroxyl groups is 1. The van der Waals surface area contributed by atoms with Crippen LogP contribution in [0.25, 0.3) is 0 Å². The molecule has 0 fully saturated rings. The Hall–Kier alpha value is -2.19. The summed E-state index contributed by atoms with van der Waals surface area (Å²) in [4.78, 5) is 2.63. The highest BCUT2D eigenvalue weighted by Gasteiger charge is 2.24. The molecular weight excluding hydrogens is 432 g/mol. The molecule has 0 saturated carbocycles. The van der Waals surface area contributed by atoms with E-state index in [0.29, 0.717) is 5.75 Å². The lowest BCUT2D eigenvalue weighted by molar-refractivity contribution is 0.438. The highest BCUT2D eigenvalue weighted by atomic mass is 32.2. The van der Waals surface area contributed by atoms with Crippen molar-refractivity contribution in [2.75, 3.05) is 0 Å². The fourth-order valence-corrected chi connectivity index (χ4v) is 4.18. The predicted octanol–water partition coefficient (Wildman–Crippen LogP) is 10.1. The largest absolute Gasteiger partial charge is 0.507 e.